The molecule has 0 bridgehead atoms. The van der Waals surface area contributed by atoms with Crippen LogP contribution in [0.4, 0.5) is 5.69 Å². The van der Waals surface area contributed by atoms with Gasteiger partial charge in [-0.25, -0.2) is 4.79 Å². The molecule has 0 unspecified atom stereocenters. The van der Waals surface area contributed by atoms with Crippen LogP contribution in [0.25, 0.3) is 27.5 Å². The summed E-state index contributed by atoms with van der Waals surface area (Å²) in [7, 11) is 0. The van der Waals surface area contributed by atoms with Gasteiger partial charge in [0.05, 0.1) is 21.7 Å². The lowest BCUT2D eigenvalue weighted by molar-refractivity contribution is -0.384. The summed E-state index contributed by atoms with van der Waals surface area (Å²) in [5, 5.41) is 16.9. The van der Waals surface area contributed by atoms with Gasteiger partial charge in [-0.15, -0.1) is 0 Å². The maximum Gasteiger partial charge on any atom is 0.331 e. The first-order valence-corrected chi connectivity index (χ1v) is 11.9. The summed E-state index contributed by atoms with van der Waals surface area (Å²) in [4.78, 5) is 40.2. The highest BCUT2D eigenvalue weighted by Gasteiger charge is 2.18. The Hall–Kier alpha value is -5.11. The second-order valence-electron chi connectivity index (χ2n) is 8.98. The van der Waals surface area contributed by atoms with Crippen molar-refractivity contribution in [3.05, 3.63) is 117 Å². The second-order valence-corrected chi connectivity index (χ2v) is 8.98. The number of hydrogen-bond acceptors (Lipinski definition) is 6. The van der Waals surface area contributed by atoms with E-state index in [0.29, 0.717) is 16.8 Å². The Balaban J connectivity index is 1.73. The third-order valence-electron chi connectivity index (χ3n) is 6.47. The Kier molecular flexibility index (Phi) is 6.30. The normalized spacial score (nSPS) is 11.6. The van der Waals surface area contributed by atoms with Crippen molar-refractivity contribution in [3.63, 3.8) is 0 Å². The number of nitro benzene ring substituents is 1. The molecule has 188 valence electrons. The van der Waals surface area contributed by atoms with Gasteiger partial charge < -0.3 is 9.40 Å². The average Bonchev–Trinajstić information content (AvgIpc) is 3.24. The van der Waals surface area contributed by atoms with E-state index in [0.717, 1.165) is 38.6 Å². The summed E-state index contributed by atoms with van der Waals surface area (Å²) in [6.45, 7) is 4.93. The van der Waals surface area contributed by atoms with Crippen LogP contribution in [-0.2, 0) is 9.63 Å². The van der Waals surface area contributed by atoms with Crippen LogP contribution in [0.5, 0.6) is 0 Å². The number of oxime groups is 1. The molecule has 0 atom stereocenters. The quantitative estimate of drug-likeness (QED) is 0.0859. The molecular formula is C30H23N3O5. The van der Waals surface area contributed by atoms with Crippen LogP contribution < -0.4 is 0 Å². The Labute approximate surface area is 217 Å². The summed E-state index contributed by atoms with van der Waals surface area (Å²) in [6.07, 6.45) is 0. The van der Waals surface area contributed by atoms with E-state index < -0.39 is 10.9 Å². The summed E-state index contributed by atoms with van der Waals surface area (Å²) >= 11 is 0. The molecular weight excluding hydrogens is 482 g/mol. The molecule has 0 N–H and O–H groups in total. The molecule has 8 heteroatoms. The Morgan fingerprint density at radius 3 is 2.24 bits per heavy atom. The molecule has 5 rings (SSSR count). The van der Waals surface area contributed by atoms with E-state index in [1.807, 2.05) is 66.1 Å². The maximum absolute atomic E-state index is 13.4. The molecule has 0 spiro atoms. The number of carbonyl (C=O) groups is 2. The Morgan fingerprint density at radius 2 is 1.55 bits per heavy atom. The molecule has 0 saturated carbocycles. The van der Waals surface area contributed by atoms with Crippen molar-refractivity contribution < 1.29 is 19.3 Å². The third-order valence-corrected chi connectivity index (χ3v) is 6.47. The number of aromatic nitrogens is 1. The number of aryl methyl sites for hydroxylation is 1. The van der Waals surface area contributed by atoms with Crippen molar-refractivity contribution in [2.75, 3.05) is 0 Å². The van der Waals surface area contributed by atoms with Gasteiger partial charge in [-0.1, -0.05) is 41.6 Å². The first-order chi connectivity index (χ1) is 18.2. The van der Waals surface area contributed by atoms with Crippen molar-refractivity contribution >= 4 is 45.0 Å². The van der Waals surface area contributed by atoms with E-state index in [1.54, 1.807) is 25.1 Å². The summed E-state index contributed by atoms with van der Waals surface area (Å²) in [6, 6.07) is 25.1. The number of nitrogens with zero attached hydrogens (tertiary/aromatic N) is 3. The predicted octanol–water partition coefficient (Wildman–Crippen LogP) is 6.52. The molecule has 5 aromatic rings. The van der Waals surface area contributed by atoms with Crippen molar-refractivity contribution in [2.24, 2.45) is 5.16 Å². The van der Waals surface area contributed by atoms with Crippen molar-refractivity contribution in [1.82, 2.24) is 4.57 Å². The standard InChI is InChI=1S/C30H23N3O5/c1-18-6-4-5-7-25(18)30(35)22-9-15-28-27(16-22)26-14-8-21(19(2)31-38-20(3)34)17-29(26)32(28)23-10-12-24(13-11-23)33(36)37/h4-17H,1-3H3/b31-19+. The molecule has 0 aliphatic rings. The predicted molar refractivity (Wildman–Crippen MR) is 146 cm³/mol. The minimum atomic E-state index is -0.517. The molecule has 8 nitrogen and oxygen atoms in total. The zero-order chi connectivity index (χ0) is 27.0. The molecule has 0 radical (unpaired) electrons. The summed E-state index contributed by atoms with van der Waals surface area (Å²) in [5.41, 5.74) is 5.71. The highest BCUT2D eigenvalue weighted by molar-refractivity contribution is 6.16. The van der Waals surface area contributed by atoms with Crippen LogP contribution in [0, 0.1) is 17.0 Å². The highest BCUT2D eigenvalue weighted by Crippen LogP contribution is 2.34. The smallest absolute Gasteiger partial charge is 0.318 e. The van der Waals surface area contributed by atoms with Gasteiger partial charge in [0.15, 0.2) is 5.78 Å². The van der Waals surface area contributed by atoms with Crippen molar-refractivity contribution in [2.45, 2.75) is 20.8 Å². The zero-order valence-electron chi connectivity index (χ0n) is 21.0. The topological polar surface area (TPSA) is 104 Å². The first kappa shape index (κ1) is 24.6. The number of nitro groups is 1. The summed E-state index contributed by atoms with van der Waals surface area (Å²) in [5.74, 6) is -0.585. The van der Waals surface area contributed by atoms with Gasteiger partial charge >= 0.3 is 5.97 Å². The first-order valence-electron chi connectivity index (χ1n) is 11.9. The summed E-state index contributed by atoms with van der Waals surface area (Å²) < 4.78 is 1.99. The van der Waals surface area contributed by atoms with E-state index in [9.17, 15) is 19.7 Å². The fraction of sp³-hybridized carbons (Fsp3) is 0.100. The fourth-order valence-electron chi connectivity index (χ4n) is 4.56. The van der Waals surface area contributed by atoms with Gasteiger partial charge in [0.25, 0.3) is 5.69 Å². The van der Waals surface area contributed by atoms with Crippen LogP contribution in [0.2, 0.25) is 0 Å². The number of ketones is 1. The minimum Gasteiger partial charge on any atom is -0.318 e. The van der Waals surface area contributed by atoms with E-state index in [-0.39, 0.29) is 11.5 Å². The van der Waals surface area contributed by atoms with Gasteiger partial charge in [0, 0.05) is 52.2 Å². The average molecular weight is 506 g/mol. The van der Waals surface area contributed by atoms with Gasteiger partial charge in [-0.2, -0.15) is 0 Å². The maximum atomic E-state index is 13.4. The number of hydrogen-bond donors (Lipinski definition) is 0. The molecule has 1 heterocycles. The van der Waals surface area contributed by atoms with Crippen LogP contribution in [0.3, 0.4) is 0 Å². The SMILES string of the molecule is CC(=O)O/N=C(\C)c1ccc2c3cc(C(=O)c4ccccc4C)ccc3n(-c3ccc([N+](=O)[O-])cc3)c2c1. The lowest BCUT2D eigenvalue weighted by atomic mass is 9.97. The molecule has 0 aliphatic carbocycles. The van der Waals surface area contributed by atoms with Crippen LogP contribution in [-0.4, -0.2) is 27.0 Å². The number of carbonyl (C=O) groups excluding carboxylic acids is 2. The Bertz CT molecular complexity index is 1780. The zero-order valence-corrected chi connectivity index (χ0v) is 21.0. The van der Waals surface area contributed by atoms with E-state index in [2.05, 4.69) is 5.16 Å². The molecule has 0 amide bonds. The molecule has 0 aliphatic heterocycles. The largest absolute Gasteiger partial charge is 0.331 e. The van der Waals surface area contributed by atoms with Gasteiger partial charge in [-0.05, 0) is 55.8 Å². The lowest BCUT2D eigenvalue weighted by Gasteiger charge is -2.09. The number of benzene rings is 4. The number of rotatable bonds is 6. The third kappa shape index (κ3) is 4.43. The van der Waals surface area contributed by atoms with Crippen LogP contribution >= 0.6 is 0 Å². The van der Waals surface area contributed by atoms with Crippen molar-refractivity contribution in [3.8, 4) is 5.69 Å². The molecule has 1 aromatic heterocycles. The molecule has 38 heavy (non-hydrogen) atoms. The molecule has 4 aromatic carbocycles. The van der Waals surface area contributed by atoms with Crippen LogP contribution in [0.15, 0.2) is 90.1 Å². The second kappa shape index (κ2) is 9.74. The fourth-order valence-corrected chi connectivity index (χ4v) is 4.56. The van der Waals surface area contributed by atoms with Crippen LogP contribution in [0.1, 0.15) is 40.9 Å². The van der Waals surface area contributed by atoms with Gasteiger partial charge in [-0.3, -0.25) is 14.9 Å². The molecule has 0 saturated heterocycles. The van der Waals surface area contributed by atoms with E-state index in [1.165, 1.54) is 19.1 Å². The van der Waals surface area contributed by atoms with E-state index in [4.69, 9.17) is 4.84 Å². The van der Waals surface area contributed by atoms with E-state index >= 15 is 0 Å². The highest BCUT2D eigenvalue weighted by atomic mass is 16.7. The lowest BCUT2D eigenvalue weighted by Crippen LogP contribution is -2.03. The van der Waals surface area contributed by atoms with Crippen molar-refractivity contribution in [1.29, 1.82) is 0 Å². The number of non-ortho nitro benzene ring substituents is 1. The molecule has 0 fully saturated rings. The van der Waals surface area contributed by atoms with Gasteiger partial charge in [0.2, 0.25) is 0 Å². The Morgan fingerprint density at radius 1 is 0.842 bits per heavy atom. The monoisotopic (exact) mass is 505 g/mol. The van der Waals surface area contributed by atoms with Gasteiger partial charge in [0.1, 0.15) is 0 Å². The minimum absolute atomic E-state index is 0.00863. The number of fused-ring (bicyclic) bond motifs is 3.